The molecule has 7 heteroatoms. The zero-order chi connectivity index (χ0) is 20.9. The van der Waals surface area contributed by atoms with Crippen LogP contribution in [-0.2, 0) is 9.53 Å². The van der Waals surface area contributed by atoms with Gasteiger partial charge in [0.25, 0.3) is 5.91 Å². The maximum absolute atomic E-state index is 12.9. The van der Waals surface area contributed by atoms with Crippen molar-refractivity contribution in [1.29, 1.82) is 0 Å². The van der Waals surface area contributed by atoms with Gasteiger partial charge in [0.2, 0.25) is 5.91 Å². The number of thiophene rings is 1. The van der Waals surface area contributed by atoms with Gasteiger partial charge in [0.1, 0.15) is 4.83 Å². The fraction of sp³-hybridized carbons (Fsp3) is 0.609. The molecule has 3 heterocycles. The second-order valence-corrected chi connectivity index (χ2v) is 9.48. The van der Waals surface area contributed by atoms with E-state index < -0.39 is 0 Å². The minimum atomic E-state index is -0.0722. The van der Waals surface area contributed by atoms with Gasteiger partial charge in [-0.1, -0.05) is 25.3 Å². The van der Waals surface area contributed by atoms with Crippen molar-refractivity contribution in [3.05, 3.63) is 28.8 Å². The molecule has 1 unspecified atom stereocenters. The Bertz CT molecular complexity index is 891. The molecular formula is C23H31N3O3S. The molecule has 30 heavy (non-hydrogen) atoms. The molecule has 1 saturated heterocycles. The molecular weight excluding hydrogens is 398 g/mol. The number of pyridine rings is 1. The van der Waals surface area contributed by atoms with E-state index in [4.69, 9.17) is 4.74 Å². The maximum atomic E-state index is 12.9. The van der Waals surface area contributed by atoms with Crippen LogP contribution in [0.4, 0.5) is 0 Å². The summed E-state index contributed by atoms with van der Waals surface area (Å²) in [6.45, 7) is 2.44. The first-order valence-corrected chi connectivity index (χ1v) is 11.9. The zero-order valence-corrected chi connectivity index (χ0v) is 18.5. The van der Waals surface area contributed by atoms with Gasteiger partial charge in [-0.25, -0.2) is 4.98 Å². The molecule has 0 bridgehead atoms. The average molecular weight is 430 g/mol. The number of methoxy groups -OCH3 is 1. The van der Waals surface area contributed by atoms with E-state index in [1.807, 2.05) is 17.0 Å². The van der Waals surface area contributed by atoms with Crippen molar-refractivity contribution in [1.82, 2.24) is 15.2 Å². The highest BCUT2D eigenvalue weighted by Crippen LogP contribution is 2.39. The van der Waals surface area contributed by atoms with E-state index in [2.05, 4.69) is 10.3 Å². The number of amides is 2. The van der Waals surface area contributed by atoms with E-state index >= 15 is 0 Å². The van der Waals surface area contributed by atoms with Crippen molar-refractivity contribution in [3.8, 4) is 0 Å². The summed E-state index contributed by atoms with van der Waals surface area (Å²) in [7, 11) is 1.62. The molecule has 2 amide bonds. The van der Waals surface area contributed by atoms with Crippen LogP contribution in [0.15, 0.2) is 18.3 Å². The van der Waals surface area contributed by atoms with Crippen molar-refractivity contribution >= 4 is 33.4 Å². The summed E-state index contributed by atoms with van der Waals surface area (Å²) in [5.74, 6) is 0.949. The van der Waals surface area contributed by atoms with Crippen LogP contribution in [0, 0.1) is 5.92 Å². The number of carbonyl (C=O) groups excluding carboxylic acids is 2. The van der Waals surface area contributed by atoms with Crippen LogP contribution in [0.25, 0.3) is 10.2 Å². The summed E-state index contributed by atoms with van der Waals surface area (Å²) in [6.07, 6.45) is 9.56. The molecule has 0 spiro atoms. The summed E-state index contributed by atoms with van der Waals surface area (Å²) >= 11 is 1.45. The first-order valence-electron chi connectivity index (χ1n) is 11.1. The number of ether oxygens (including phenoxy) is 1. The third kappa shape index (κ3) is 4.67. The number of hydrogen-bond donors (Lipinski definition) is 1. The number of hydrogen-bond acceptors (Lipinski definition) is 5. The number of aromatic nitrogens is 1. The molecule has 1 N–H and O–H groups in total. The Morgan fingerprint density at radius 1 is 1.27 bits per heavy atom. The molecule has 6 nitrogen and oxygen atoms in total. The number of nitrogens with zero attached hydrogens (tertiary/aromatic N) is 2. The molecule has 2 aromatic rings. The van der Waals surface area contributed by atoms with Gasteiger partial charge in [0.15, 0.2) is 0 Å². The van der Waals surface area contributed by atoms with Crippen molar-refractivity contribution in [2.24, 2.45) is 5.92 Å². The number of rotatable bonds is 7. The number of nitrogens with one attached hydrogen (secondary N) is 1. The Hall–Kier alpha value is -1.99. The standard InChI is InChI=1S/C23H31N3O3S/c1-29-13-11-24-22(28)21-20(18-8-5-10-25-23(18)30-21)17-9-12-26(15-17)19(27)14-16-6-3-2-4-7-16/h5,8,10,16-17H,2-4,6-7,9,11-15H2,1H3,(H,24,28). The monoisotopic (exact) mass is 429 g/mol. The quantitative estimate of drug-likeness (QED) is 0.677. The Balaban J connectivity index is 1.50. The van der Waals surface area contributed by atoms with Gasteiger partial charge in [0, 0.05) is 50.7 Å². The van der Waals surface area contributed by atoms with E-state index in [-0.39, 0.29) is 17.7 Å². The van der Waals surface area contributed by atoms with Crippen LogP contribution >= 0.6 is 11.3 Å². The predicted molar refractivity (Wildman–Crippen MR) is 119 cm³/mol. The SMILES string of the molecule is COCCNC(=O)c1sc2ncccc2c1C1CCN(C(=O)CC2CCCCC2)C1. The molecule has 162 valence electrons. The number of fused-ring (bicyclic) bond motifs is 1. The van der Waals surface area contributed by atoms with Crippen LogP contribution < -0.4 is 5.32 Å². The van der Waals surface area contributed by atoms with Crippen molar-refractivity contribution in [2.75, 3.05) is 33.4 Å². The second kappa shape index (κ2) is 9.88. The molecule has 0 radical (unpaired) electrons. The Labute approximate surface area is 182 Å². The van der Waals surface area contributed by atoms with Crippen molar-refractivity contribution in [3.63, 3.8) is 0 Å². The minimum Gasteiger partial charge on any atom is -0.383 e. The summed E-state index contributed by atoms with van der Waals surface area (Å²) < 4.78 is 5.05. The lowest BCUT2D eigenvalue weighted by Gasteiger charge is -2.24. The second-order valence-electron chi connectivity index (χ2n) is 8.48. The summed E-state index contributed by atoms with van der Waals surface area (Å²) in [5.41, 5.74) is 1.06. The van der Waals surface area contributed by atoms with Gasteiger partial charge in [-0.15, -0.1) is 11.3 Å². The number of likely N-dealkylation sites (tertiary alicyclic amines) is 1. The van der Waals surface area contributed by atoms with Crippen LogP contribution in [0.3, 0.4) is 0 Å². The normalized spacial score (nSPS) is 20.0. The average Bonchev–Trinajstić information content (AvgIpc) is 3.39. The van der Waals surface area contributed by atoms with Crippen LogP contribution in [0.1, 0.15) is 66.1 Å². The predicted octanol–water partition coefficient (Wildman–Crippen LogP) is 3.96. The first kappa shape index (κ1) is 21.2. The van der Waals surface area contributed by atoms with E-state index in [0.717, 1.165) is 33.6 Å². The van der Waals surface area contributed by atoms with Gasteiger partial charge >= 0.3 is 0 Å². The van der Waals surface area contributed by atoms with Gasteiger partial charge in [-0.2, -0.15) is 0 Å². The lowest BCUT2D eigenvalue weighted by atomic mass is 9.86. The summed E-state index contributed by atoms with van der Waals surface area (Å²) in [6, 6.07) is 3.97. The van der Waals surface area contributed by atoms with Crippen LogP contribution in [-0.4, -0.2) is 55.0 Å². The molecule has 1 saturated carbocycles. The molecule has 2 aromatic heterocycles. The van der Waals surface area contributed by atoms with E-state index in [1.54, 1.807) is 13.3 Å². The number of carbonyl (C=O) groups is 2. The van der Waals surface area contributed by atoms with E-state index in [9.17, 15) is 9.59 Å². The van der Waals surface area contributed by atoms with Gasteiger partial charge in [-0.3, -0.25) is 9.59 Å². The van der Waals surface area contributed by atoms with Crippen molar-refractivity contribution < 1.29 is 14.3 Å². The van der Waals surface area contributed by atoms with Gasteiger partial charge in [0.05, 0.1) is 11.5 Å². The third-order valence-electron chi connectivity index (χ3n) is 6.44. The van der Waals surface area contributed by atoms with Gasteiger partial charge < -0.3 is 15.0 Å². The molecule has 1 atom stereocenters. The molecule has 2 aliphatic rings. The first-order chi connectivity index (χ1) is 14.7. The fourth-order valence-electron chi connectivity index (χ4n) is 4.86. The summed E-state index contributed by atoms with van der Waals surface area (Å²) in [4.78, 5) is 33.9. The zero-order valence-electron chi connectivity index (χ0n) is 17.7. The topological polar surface area (TPSA) is 71.5 Å². The van der Waals surface area contributed by atoms with Crippen molar-refractivity contribution in [2.45, 2.75) is 50.9 Å². The largest absolute Gasteiger partial charge is 0.383 e. The maximum Gasteiger partial charge on any atom is 0.261 e. The van der Waals surface area contributed by atoms with Crippen LogP contribution in [0.2, 0.25) is 0 Å². The fourth-order valence-corrected chi connectivity index (χ4v) is 6.01. The highest BCUT2D eigenvalue weighted by Gasteiger charge is 2.33. The molecule has 1 aliphatic carbocycles. The molecule has 0 aromatic carbocycles. The third-order valence-corrected chi connectivity index (χ3v) is 7.57. The Kier molecular flexibility index (Phi) is 7.00. The Morgan fingerprint density at radius 2 is 2.10 bits per heavy atom. The summed E-state index contributed by atoms with van der Waals surface area (Å²) in [5, 5.41) is 4.00. The highest BCUT2D eigenvalue weighted by atomic mass is 32.1. The Morgan fingerprint density at radius 3 is 2.90 bits per heavy atom. The molecule has 4 rings (SSSR count). The molecule has 1 aliphatic heterocycles. The van der Waals surface area contributed by atoms with Crippen LogP contribution in [0.5, 0.6) is 0 Å². The van der Waals surface area contributed by atoms with E-state index in [1.165, 1.54) is 43.4 Å². The highest BCUT2D eigenvalue weighted by molar-refractivity contribution is 7.20. The van der Waals surface area contributed by atoms with E-state index in [0.29, 0.717) is 32.0 Å². The van der Waals surface area contributed by atoms with Gasteiger partial charge in [-0.05, 0) is 36.8 Å². The molecule has 2 fully saturated rings. The lowest BCUT2D eigenvalue weighted by molar-refractivity contribution is -0.131. The minimum absolute atomic E-state index is 0.0722. The smallest absolute Gasteiger partial charge is 0.261 e. The lowest BCUT2D eigenvalue weighted by Crippen LogP contribution is -2.31.